The lowest BCUT2D eigenvalue weighted by molar-refractivity contribution is 1.55. The molecule has 268 valence electrons. The van der Waals surface area contributed by atoms with E-state index in [1.54, 1.807) is 0 Å². The molecule has 3 heterocycles. The Morgan fingerprint density at radius 3 is 1.53 bits per heavy atom. The molecule has 2 N–H and O–H groups in total. The van der Waals surface area contributed by atoms with Gasteiger partial charge in [-0.1, -0.05) is 140 Å². The van der Waals surface area contributed by atoms with Gasteiger partial charge in [0, 0.05) is 88.3 Å². The summed E-state index contributed by atoms with van der Waals surface area (Å²) in [5.41, 5.74) is 4.62. The Balaban J connectivity index is 0.000000125. The Kier molecular flexibility index (Phi) is 7.46. The van der Waals surface area contributed by atoms with E-state index < -0.39 is 0 Å². The fraction of sp³-hybridized carbons (Fsp3) is 0. The van der Waals surface area contributed by atoms with Crippen molar-refractivity contribution >= 4 is 155 Å². The molecular formula is C52H31BrN2S2. The highest BCUT2D eigenvalue weighted by molar-refractivity contribution is 9.10. The topological polar surface area (TPSA) is 27.8 Å². The molecule has 5 heteroatoms. The van der Waals surface area contributed by atoms with Gasteiger partial charge in [0.2, 0.25) is 0 Å². The van der Waals surface area contributed by atoms with Crippen LogP contribution < -0.4 is 5.32 Å². The summed E-state index contributed by atoms with van der Waals surface area (Å²) in [6.45, 7) is 0. The van der Waals surface area contributed by atoms with Gasteiger partial charge in [-0.15, -0.1) is 22.7 Å². The van der Waals surface area contributed by atoms with Crippen molar-refractivity contribution in [3.05, 3.63) is 180 Å². The summed E-state index contributed by atoms with van der Waals surface area (Å²) in [6.07, 6.45) is 0. The third kappa shape index (κ3) is 5.13. The van der Waals surface area contributed by atoms with E-state index in [2.05, 4.69) is 190 Å². The minimum absolute atomic E-state index is 1.06. The molecule has 13 aromatic rings. The van der Waals surface area contributed by atoms with Crippen molar-refractivity contribution in [3.63, 3.8) is 0 Å². The first-order valence-corrected chi connectivity index (χ1v) is 21.5. The van der Waals surface area contributed by atoms with Gasteiger partial charge in [-0.3, -0.25) is 0 Å². The summed E-state index contributed by atoms with van der Waals surface area (Å²) in [7, 11) is 0. The maximum atomic E-state index is 3.66. The number of para-hydroxylation sites is 2. The molecule has 57 heavy (non-hydrogen) atoms. The normalized spacial score (nSPS) is 11.9. The van der Waals surface area contributed by atoms with Crippen molar-refractivity contribution in [1.82, 2.24) is 4.98 Å². The van der Waals surface area contributed by atoms with Crippen LogP contribution in [0.4, 0.5) is 11.4 Å². The molecule has 10 aromatic carbocycles. The number of hydrogen-bond donors (Lipinski definition) is 2. The number of H-pyrrole nitrogens is 1. The van der Waals surface area contributed by atoms with Crippen LogP contribution in [0.3, 0.4) is 0 Å². The summed E-state index contributed by atoms with van der Waals surface area (Å²) in [5, 5.41) is 22.1. The molecule has 0 spiro atoms. The molecular weight excluding hydrogens is 797 g/mol. The number of nitrogens with one attached hydrogen (secondary N) is 2. The SMILES string of the molecule is Brc1ccccc1Nc1cccc2c1ccc1ccc3c4ccccc4sc3c12.c1ccc2c(c1)[nH]c1c2ccc2c1ccc1ccc3c4ccccc4sc3c12. The van der Waals surface area contributed by atoms with Crippen LogP contribution in [-0.4, -0.2) is 4.98 Å². The molecule has 0 aliphatic carbocycles. The van der Waals surface area contributed by atoms with Gasteiger partial charge >= 0.3 is 0 Å². The molecule has 0 amide bonds. The van der Waals surface area contributed by atoms with E-state index in [9.17, 15) is 0 Å². The number of benzene rings is 10. The Labute approximate surface area is 343 Å². The maximum absolute atomic E-state index is 3.66. The Bertz CT molecular complexity index is 3760. The number of fused-ring (bicyclic) bond motifs is 18. The van der Waals surface area contributed by atoms with E-state index in [-0.39, 0.29) is 0 Å². The van der Waals surface area contributed by atoms with Gasteiger partial charge in [0.25, 0.3) is 0 Å². The molecule has 0 saturated carbocycles. The quantitative estimate of drug-likeness (QED) is 0.167. The molecule has 0 bridgehead atoms. The molecule has 0 radical (unpaired) electrons. The fourth-order valence-electron chi connectivity index (χ4n) is 8.90. The summed E-state index contributed by atoms with van der Waals surface area (Å²) < 4.78 is 6.51. The minimum Gasteiger partial charge on any atom is -0.354 e. The third-order valence-electron chi connectivity index (χ3n) is 11.5. The lowest BCUT2D eigenvalue weighted by atomic mass is 9.98. The van der Waals surface area contributed by atoms with Gasteiger partial charge in [0.05, 0.1) is 11.2 Å². The fourth-order valence-corrected chi connectivity index (χ4v) is 11.8. The lowest BCUT2D eigenvalue weighted by Crippen LogP contribution is -1.92. The minimum atomic E-state index is 1.06. The van der Waals surface area contributed by atoms with E-state index >= 15 is 0 Å². The second-order valence-electron chi connectivity index (χ2n) is 14.7. The maximum Gasteiger partial charge on any atom is 0.0544 e. The van der Waals surface area contributed by atoms with Crippen molar-refractivity contribution in [3.8, 4) is 0 Å². The summed E-state index contributed by atoms with van der Waals surface area (Å²) in [4.78, 5) is 3.66. The number of thiophene rings is 2. The van der Waals surface area contributed by atoms with Crippen LogP contribution in [0.2, 0.25) is 0 Å². The van der Waals surface area contributed by atoms with E-state index in [0.717, 1.165) is 15.8 Å². The molecule has 0 unspecified atom stereocenters. The Hall–Kier alpha value is -6.24. The molecule has 13 rings (SSSR count). The zero-order valence-electron chi connectivity index (χ0n) is 30.4. The number of anilines is 2. The van der Waals surface area contributed by atoms with E-state index in [4.69, 9.17) is 0 Å². The monoisotopic (exact) mass is 826 g/mol. The van der Waals surface area contributed by atoms with Crippen molar-refractivity contribution in [2.45, 2.75) is 0 Å². The van der Waals surface area contributed by atoms with Crippen LogP contribution in [0.1, 0.15) is 0 Å². The van der Waals surface area contributed by atoms with Gasteiger partial charge in [-0.2, -0.15) is 0 Å². The zero-order valence-corrected chi connectivity index (χ0v) is 33.7. The first-order chi connectivity index (χ1) is 28.2. The highest BCUT2D eigenvalue weighted by atomic mass is 79.9. The Morgan fingerprint density at radius 1 is 0.368 bits per heavy atom. The molecule has 3 aromatic heterocycles. The van der Waals surface area contributed by atoms with E-state index in [1.807, 2.05) is 34.8 Å². The number of halogens is 1. The Morgan fingerprint density at radius 2 is 0.842 bits per heavy atom. The molecule has 0 saturated heterocycles. The van der Waals surface area contributed by atoms with Crippen LogP contribution in [0.5, 0.6) is 0 Å². The predicted octanol–water partition coefficient (Wildman–Crippen LogP) is 16.9. The molecule has 0 atom stereocenters. The zero-order chi connectivity index (χ0) is 37.6. The van der Waals surface area contributed by atoms with Gasteiger partial charge in [0.1, 0.15) is 0 Å². The molecule has 0 aliphatic rings. The summed E-state index contributed by atoms with van der Waals surface area (Å²) >= 11 is 7.45. The van der Waals surface area contributed by atoms with Crippen molar-refractivity contribution in [1.29, 1.82) is 0 Å². The number of aromatic amines is 1. The standard InChI is InChI=1S/C26H16BrNS.C26H15NS/c27-21-8-2-3-9-23(21)28-22-10-5-7-19-17(22)14-12-16-13-15-20-18-6-1-4-11-24(18)29-26(20)25(16)19;1-3-7-22-16(5-1)19-14-13-18-20(25(19)27-22)11-9-15-10-12-21-17-6-2-4-8-23(17)28-26(21)24(15)18/h1-15,28H;1-14,27H. The largest absolute Gasteiger partial charge is 0.354 e. The first-order valence-electron chi connectivity index (χ1n) is 19.1. The average Bonchev–Trinajstić information content (AvgIpc) is 3.96. The summed E-state index contributed by atoms with van der Waals surface area (Å²) in [6, 6.07) is 63.4. The van der Waals surface area contributed by atoms with Crippen molar-refractivity contribution in [2.24, 2.45) is 0 Å². The smallest absolute Gasteiger partial charge is 0.0544 e. The van der Waals surface area contributed by atoms with Gasteiger partial charge in [0.15, 0.2) is 0 Å². The average molecular weight is 828 g/mol. The molecule has 0 aliphatic heterocycles. The number of hydrogen-bond acceptors (Lipinski definition) is 3. The molecule has 0 fully saturated rings. The van der Waals surface area contributed by atoms with Crippen LogP contribution in [-0.2, 0) is 0 Å². The number of rotatable bonds is 2. The van der Waals surface area contributed by atoms with Gasteiger partial charge < -0.3 is 10.3 Å². The van der Waals surface area contributed by atoms with Crippen LogP contribution in [0, 0.1) is 0 Å². The summed E-state index contributed by atoms with van der Waals surface area (Å²) in [5.74, 6) is 0. The third-order valence-corrected chi connectivity index (χ3v) is 14.6. The van der Waals surface area contributed by atoms with Crippen LogP contribution >= 0.6 is 38.6 Å². The highest BCUT2D eigenvalue weighted by Gasteiger charge is 2.15. The van der Waals surface area contributed by atoms with Gasteiger partial charge in [-0.25, -0.2) is 0 Å². The first kappa shape index (κ1) is 33.0. The second kappa shape index (κ2) is 12.9. The predicted molar refractivity (Wildman–Crippen MR) is 255 cm³/mol. The van der Waals surface area contributed by atoms with Gasteiger partial charge in [-0.05, 0) is 73.9 Å². The second-order valence-corrected chi connectivity index (χ2v) is 17.6. The van der Waals surface area contributed by atoms with Crippen molar-refractivity contribution < 1.29 is 0 Å². The van der Waals surface area contributed by atoms with E-state index in [0.29, 0.717) is 0 Å². The van der Waals surface area contributed by atoms with Crippen LogP contribution in [0.15, 0.2) is 180 Å². The van der Waals surface area contributed by atoms with Crippen LogP contribution in [0.25, 0.3) is 105 Å². The highest BCUT2D eigenvalue weighted by Crippen LogP contribution is 2.44. The lowest BCUT2D eigenvalue weighted by Gasteiger charge is -2.13. The number of aromatic nitrogens is 1. The van der Waals surface area contributed by atoms with E-state index in [1.165, 1.54) is 105 Å². The molecule has 2 nitrogen and oxygen atoms in total. The van der Waals surface area contributed by atoms with Crippen molar-refractivity contribution in [2.75, 3.05) is 5.32 Å².